The topological polar surface area (TPSA) is 21.3 Å². The highest BCUT2D eigenvalue weighted by molar-refractivity contribution is 5.72. The lowest BCUT2D eigenvalue weighted by atomic mass is 10.0. The number of ether oxygens (including phenoxy) is 1. The molecular weight excluding hydrogens is 294 g/mol. The molecule has 3 aromatic rings. The molecule has 0 spiro atoms. The van der Waals surface area contributed by atoms with Gasteiger partial charge in [-0.25, -0.2) is 0 Å². The van der Waals surface area contributed by atoms with E-state index in [-0.39, 0.29) is 0 Å². The standard InChI is InChI=1S/C22H23NO/c1-16-9-10-17(2)20(13-16)15-23-21-14-19(11-12-22(21)24-3)18-7-5-4-6-8-18/h4-14,23H,15H2,1-3H3. The lowest BCUT2D eigenvalue weighted by Crippen LogP contribution is -2.03. The Morgan fingerprint density at radius 2 is 1.62 bits per heavy atom. The van der Waals surface area contributed by atoms with Crippen molar-refractivity contribution < 1.29 is 4.74 Å². The Morgan fingerprint density at radius 1 is 0.833 bits per heavy atom. The Balaban J connectivity index is 1.87. The molecule has 0 aliphatic carbocycles. The van der Waals surface area contributed by atoms with Gasteiger partial charge in [-0.2, -0.15) is 0 Å². The predicted octanol–water partition coefficient (Wildman–Crippen LogP) is 5.59. The van der Waals surface area contributed by atoms with Crippen LogP contribution in [0.2, 0.25) is 0 Å². The van der Waals surface area contributed by atoms with Crippen LogP contribution in [0.15, 0.2) is 66.7 Å². The molecule has 0 aliphatic rings. The van der Waals surface area contributed by atoms with Gasteiger partial charge in [-0.05, 0) is 48.2 Å². The summed E-state index contributed by atoms with van der Waals surface area (Å²) < 4.78 is 5.52. The molecule has 0 fully saturated rings. The molecule has 1 N–H and O–H groups in total. The molecular formula is C22H23NO. The molecule has 122 valence electrons. The third-order valence-electron chi connectivity index (χ3n) is 4.28. The quantitative estimate of drug-likeness (QED) is 0.662. The van der Waals surface area contributed by atoms with Crippen LogP contribution in [0.25, 0.3) is 11.1 Å². The molecule has 0 bridgehead atoms. The van der Waals surface area contributed by atoms with E-state index in [1.54, 1.807) is 7.11 Å². The van der Waals surface area contributed by atoms with Crippen molar-refractivity contribution in [3.8, 4) is 16.9 Å². The number of methoxy groups -OCH3 is 1. The Bertz CT molecular complexity index is 825. The minimum absolute atomic E-state index is 0.780. The van der Waals surface area contributed by atoms with Gasteiger partial charge in [0, 0.05) is 6.54 Å². The molecule has 0 aliphatic heterocycles. The highest BCUT2D eigenvalue weighted by Crippen LogP contribution is 2.31. The minimum Gasteiger partial charge on any atom is -0.495 e. The Hall–Kier alpha value is -2.74. The molecule has 2 heteroatoms. The van der Waals surface area contributed by atoms with Gasteiger partial charge in [0.25, 0.3) is 0 Å². The van der Waals surface area contributed by atoms with Crippen molar-refractivity contribution in [2.24, 2.45) is 0 Å². The first kappa shape index (κ1) is 16.1. The molecule has 2 nitrogen and oxygen atoms in total. The van der Waals surface area contributed by atoms with Gasteiger partial charge in [-0.1, -0.05) is 60.2 Å². The normalized spacial score (nSPS) is 10.5. The Labute approximate surface area is 144 Å². The van der Waals surface area contributed by atoms with Crippen LogP contribution in [-0.2, 0) is 6.54 Å². The van der Waals surface area contributed by atoms with Crippen LogP contribution in [0.5, 0.6) is 5.75 Å². The Morgan fingerprint density at radius 3 is 2.38 bits per heavy atom. The second-order valence-corrected chi connectivity index (χ2v) is 6.06. The number of hydrogen-bond acceptors (Lipinski definition) is 2. The largest absolute Gasteiger partial charge is 0.495 e. The van der Waals surface area contributed by atoms with Crippen molar-refractivity contribution in [2.75, 3.05) is 12.4 Å². The zero-order valence-corrected chi connectivity index (χ0v) is 14.5. The molecule has 3 rings (SSSR count). The van der Waals surface area contributed by atoms with Gasteiger partial charge in [0.1, 0.15) is 5.75 Å². The van der Waals surface area contributed by atoms with Crippen molar-refractivity contribution in [1.82, 2.24) is 0 Å². The van der Waals surface area contributed by atoms with E-state index in [1.807, 2.05) is 12.1 Å². The molecule has 0 unspecified atom stereocenters. The number of hydrogen-bond donors (Lipinski definition) is 1. The average Bonchev–Trinajstić information content (AvgIpc) is 2.63. The van der Waals surface area contributed by atoms with E-state index in [1.165, 1.54) is 27.8 Å². The smallest absolute Gasteiger partial charge is 0.141 e. The first-order valence-corrected chi connectivity index (χ1v) is 8.21. The third-order valence-corrected chi connectivity index (χ3v) is 4.28. The number of rotatable bonds is 5. The maximum Gasteiger partial charge on any atom is 0.141 e. The fourth-order valence-corrected chi connectivity index (χ4v) is 2.84. The molecule has 3 aromatic carbocycles. The molecule has 0 atom stereocenters. The molecule has 0 saturated carbocycles. The summed E-state index contributed by atoms with van der Waals surface area (Å²) in [4.78, 5) is 0. The third kappa shape index (κ3) is 3.60. The zero-order valence-electron chi connectivity index (χ0n) is 14.5. The summed E-state index contributed by atoms with van der Waals surface area (Å²) in [6.07, 6.45) is 0. The summed E-state index contributed by atoms with van der Waals surface area (Å²) in [5, 5.41) is 3.53. The maximum absolute atomic E-state index is 5.52. The maximum atomic E-state index is 5.52. The van der Waals surface area contributed by atoms with Crippen molar-refractivity contribution in [1.29, 1.82) is 0 Å². The van der Waals surface area contributed by atoms with Gasteiger partial charge >= 0.3 is 0 Å². The molecule has 0 amide bonds. The fraction of sp³-hybridized carbons (Fsp3) is 0.182. The van der Waals surface area contributed by atoms with E-state index in [0.717, 1.165) is 18.0 Å². The Kier molecular flexibility index (Phi) is 4.85. The van der Waals surface area contributed by atoms with Gasteiger partial charge in [-0.3, -0.25) is 0 Å². The number of aryl methyl sites for hydroxylation is 2. The highest BCUT2D eigenvalue weighted by atomic mass is 16.5. The number of nitrogens with one attached hydrogen (secondary N) is 1. The zero-order chi connectivity index (χ0) is 16.9. The van der Waals surface area contributed by atoms with Gasteiger partial charge in [0.05, 0.1) is 12.8 Å². The van der Waals surface area contributed by atoms with Crippen LogP contribution in [0.3, 0.4) is 0 Å². The van der Waals surface area contributed by atoms with Crippen LogP contribution < -0.4 is 10.1 Å². The van der Waals surface area contributed by atoms with E-state index in [9.17, 15) is 0 Å². The predicted molar refractivity (Wildman–Crippen MR) is 102 cm³/mol. The summed E-state index contributed by atoms with van der Waals surface area (Å²) >= 11 is 0. The first-order valence-electron chi connectivity index (χ1n) is 8.21. The van der Waals surface area contributed by atoms with Crippen LogP contribution in [-0.4, -0.2) is 7.11 Å². The summed E-state index contributed by atoms with van der Waals surface area (Å²) in [6.45, 7) is 5.05. The lowest BCUT2D eigenvalue weighted by Gasteiger charge is -2.15. The fourth-order valence-electron chi connectivity index (χ4n) is 2.84. The number of anilines is 1. The summed E-state index contributed by atoms with van der Waals surface area (Å²) in [5.74, 6) is 0.861. The van der Waals surface area contributed by atoms with E-state index >= 15 is 0 Å². The van der Waals surface area contributed by atoms with E-state index in [4.69, 9.17) is 4.74 Å². The second-order valence-electron chi connectivity index (χ2n) is 6.06. The van der Waals surface area contributed by atoms with Crippen LogP contribution in [0.4, 0.5) is 5.69 Å². The monoisotopic (exact) mass is 317 g/mol. The van der Waals surface area contributed by atoms with Crippen molar-refractivity contribution in [3.05, 3.63) is 83.4 Å². The van der Waals surface area contributed by atoms with Crippen molar-refractivity contribution >= 4 is 5.69 Å². The summed E-state index contributed by atoms with van der Waals surface area (Å²) in [6, 6.07) is 23.2. The van der Waals surface area contributed by atoms with Crippen LogP contribution in [0.1, 0.15) is 16.7 Å². The van der Waals surface area contributed by atoms with Gasteiger partial charge in [0.15, 0.2) is 0 Å². The summed E-state index contributed by atoms with van der Waals surface area (Å²) in [7, 11) is 1.71. The van der Waals surface area contributed by atoms with E-state index in [0.29, 0.717) is 0 Å². The lowest BCUT2D eigenvalue weighted by molar-refractivity contribution is 0.416. The molecule has 0 heterocycles. The molecule has 0 radical (unpaired) electrons. The summed E-state index contributed by atoms with van der Waals surface area (Å²) in [5.41, 5.74) is 7.28. The number of benzene rings is 3. The van der Waals surface area contributed by atoms with Gasteiger partial charge in [-0.15, -0.1) is 0 Å². The molecule has 0 aromatic heterocycles. The first-order chi connectivity index (χ1) is 11.7. The minimum atomic E-state index is 0.780. The average molecular weight is 317 g/mol. The second kappa shape index (κ2) is 7.22. The van der Waals surface area contributed by atoms with Crippen LogP contribution >= 0.6 is 0 Å². The van der Waals surface area contributed by atoms with Crippen molar-refractivity contribution in [3.63, 3.8) is 0 Å². The van der Waals surface area contributed by atoms with Gasteiger partial charge < -0.3 is 10.1 Å². The SMILES string of the molecule is COc1ccc(-c2ccccc2)cc1NCc1cc(C)ccc1C. The molecule has 24 heavy (non-hydrogen) atoms. The van der Waals surface area contributed by atoms with E-state index in [2.05, 4.69) is 73.8 Å². The van der Waals surface area contributed by atoms with Crippen LogP contribution in [0, 0.1) is 13.8 Å². The van der Waals surface area contributed by atoms with Gasteiger partial charge in [0.2, 0.25) is 0 Å². The highest BCUT2D eigenvalue weighted by Gasteiger charge is 2.07. The molecule has 0 saturated heterocycles. The van der Waals surface area contributed by atoms with E-state index < -0.39 is 0 Å². The van der Waals surface area contributed by atoms with Crippen molar-refractivity contribution in [2.45, 2.75) is 20.4 Å².